The highest BCUT2D eigenvalue weighted by Gasteiger charge is 2.28. The van der Waals surface area contributed by atoms with Gasteiger partial charge in [-0.1, -0.05) is 6.92 Å². The van der Waals surface area contributed by atoms with Crippen molar-refractivity contribution in [2.75, 3.05) is 30.3 Å². The minimum absolute atomic E-state index is 0.177. The second-order valence-electron chi connectivity index (χ2n) is 5.11. The van der Waals surface area contributed by atoms with E-state index in [4.69, 9.17) is 0 Å². The lowest BCUT2D eigenvalue weighted by Gasteiger charge is -2.12. The highest BCUT2D eigenvalue weighted by molar-refractivity contribution is 5.80. The summed E-state index contributed by atoms with van der Waals surface area (Å²) < 4.78 is 0. The number of nitrogens with one attached hydrogen (secondary N) is 3. The van der Waals surface area contributed by atoms with Gasteiger partial charge in [0, 0.05) is 31.1 Å². The van der Waals surface area contributed by atoms with E-state index in [0.717, 1.165) is 43.0 Å². The third-order valence-electron chi connectivity index (χ3n) is 3.29. The van der Waals surface area contributed by atoms with Gasteiger partial charge in [0.1, 0.15) is 18.0 Å². The Morgan fingerprint density at radius 3 is 2.45 bits per heavy atom. The van der Waals surface area contributed by atoms with Crippen LogP contribution in [0.25, 0.3) is 0 Å². The minimum atomic E-state index is 0.177. The van der Waals surface area contributed by atoms with Gasteiger partial charge in [0.25, 0.3) is 0 Å². The predicted molar refractivity (Wildman–Crippen MR) is 79.8 cm³/mol. The zero-order chi connectivity index (χ0) is 14.4. The Bertz CT molecular complexity index is 459. The van der Waals surface area contributed by atoms with E-state index in [-0.39, 0.29) is 11.8 Å². The van der Waals surface area contributed by atoms with Crippen molar-refractivity contribution < 1.29 is 4.79 Å². The first-order valence-corrected chi connectivity index (χ1v) is 7.29. The van der Waals surface area contributed by atoms with Crippen LogP contribution in [0.5, 0.6) is 0 Å². The first kappa shape index (κ1) is 14.6. The number of nitrogens with zero attached hydrogens (tertiary/aromatic N) is 2. The molecule has 0 aromatic carbocycles. The van der Waals surface area contributed by atoms with E-state index in [1.165, 1.54) is 0 Å². The molecule has 2 rings (SSSR count). The normalized spacial score (nSPS) is 13.9. The fourth-order valence-electron chi connectivity index (χ4n) is 1.91. The zero-order valence-corrected chi connectivity index (χ0v) is 12.2. The second kappa shape index (κ2) is 7.07. The molecule has 0 spiro atoms. The molecule has 1 aliphatic carbocycles. The van der Waals surface area contributed by atoms with Gasteiger partial charge in [-0.2, -0.15) is 0 Å². The summed E-state index contributed by atoms with van der Waals surface area (Å²) >= 11 is 0. The summed E-state index contributed by atoms with van der Waals surface area (Å²) in [5.74, 6) is 2.13. The van der Waals surface area contributed by atoms with Crippen LogP contribution in [0.1, 0.15) is 31.7 Å². The number of carbonyl (C=O) groups excluding carboxylic acids is 1. The number of carbonyl (C=O) groups is 1. The molecule has 1 saturated carbocycles. The Balaban J connectivity index is 1.78. The summed E-state index contributed by atoms with van der Waals surface area (Å²) in [5.41, 5.74) is 1.01. The number of aromatic nitrogens is 2. The lowest BCUT2D eigenvalue weighted by molar-refractivity contribution is -0.122. The van der Waals surface area contributed by atoms with Gasteiger partial charge >= 0.3 is 0 Å². The zero-order valence-electron chi connectivity index (χ0n) is 12.2. The first-order valence-electron chi connectivity index (χ1n) is 7.29. The minimum Gasteiger partial charge on any atom is -0.370 e. The molecule has 110 valence electrons. The molecule has 0 radical (unpaired) electrons. The third kappa shape index (κ3) is 4.08. The van der Waals surface area contributed by atoms with Crippen molar-refractivity contribution in [3.05, 3.63) is 11.9 Å². The maximum Gasteiger partial charge on any atom is 0.223 e. The van der Waals surface area contributed by atoms with E-state index < -0.39 is 0 Å². The van der Waals surface area contributed by atoms with Crippen molar-refractivity contribution in [2.45, 2.75) is 33.1 Å². The summed E-state index contributed by atoms with van der Waals surface area (Å²) in [6.07, 6.45) is 4.68. The summed E-state index contributed by atoms with van der Waals surface area (Å²) in [5, 5.41) is 9.44. The van der Waals surface area contributed by atoms with Crippen molar-refractivity contribution in [3.63, 3.8) is 0 Å². The lowest BCUT2D eigenvalue weighted by Crippen LogP contribution is -2.30. The van der Waals surface area contributed by atoms with Gasteiger partial charge < -0.3 is 16.0 Å². The Labute approximate surface area is 119 Å². The van der Waals surface area contributed by atoms with Gasteiger partial charge in [-0.15, -0.1) is 0 Å². The van der Waals surface area contributed by atoms with Crippen molar-refractivity contribution in [1.82, 2.24) is 15.3 Å². The topological polar surface area (TPSA) is 78.9 Å². The van der Waals surface area contributed by atoms with Crippen molar-refractivity contribution >= 4 is 17.5 Å². The SMILES string of the molecule is CCCNc1ncnc(NCCNC(=O)C2CC2)c1C. The Morgan fingerprint density at radius 2 is 1.85 bits per heavy atom. The predicted octanol–water partition coefficient (Wildman–Crippen LogP) is 1.55. The molecule has 0 saturated heterocycles. The highest BCUT2D eigenvalue weighted by atomic mass is 16.2. The van der Waals surface area contributed by atoms with Crippen LogP contribution in [0.3, 0.4) is 0 Å². The maximum absolute atomic E-state index is 11.5. The van der Waals surface area contributed by atoms with Gasteiger partial charge in [0.15, 0.2) is 0 Å². The Morgan fingerprint density at radius 1 is 1.20 bits per heavy atom. The molecule has 0 aliphatic heterocycles. The second-order valence-corrected chi connectivity index (χ2v) is 5.11. The number of hydrogen-bond donors (Lipinski definition) is 3. The van der Waals surface area contributed by atoms with Crippen LogP contribution in [0, 0.1) is 12.8 Å². The Hall–Kier alpha value is -1.85. The molecule has 1 amide bonds. The molecule has 0 unspecified atom stereocenters. The van der Waals surface area contributed by atoms with Gasteiger partial charge in [-0.05, 0) is 26.2 Å². The standard InChI is InChI=1S/C14H23N5O/c1-3-6-15-12-10(2)13(19-9-18-12)16-7-8-17-14(20)11-4-5-11/h9,11H,3-8H2,1-2H3,(H,17,20)(H2,15,16,18,19). The number of anilines is 2. The molecule has 1 aromatic rings. The smallest absolute Gasteiger partial charge is 0.223 e. The highest BCUT2D eigenvalue weighted by Crippen LogP contribution is 2.28. The average Bonchev–Trinajstić information content (AvgIpc) is 3.28. The number of hydrogen-bond acceptors (Lipinski definition) is 5. The molecular formula is C14H23N5O. The van der Waals surface area contributed by atoms with Gasteiger partial charge in [0.05, 0.1) is 0 Å². The van der Waals surface area contributed by atoms with E-state index in [1.54, 1.807) is 6.33 Å². The molecule has 0 atom stereocenters. The first-order chi connectivity index (χ1) is 9.72. The largest absolute Gasteiger partial charge is 0.370 e. The molecule has 6 heteroatoms. The molecule has 1 aromatic heterocycles. The van der Waals surface area contributed by atoms with Crippen LogP contribution >= 0.6 is 0 Å². The summed E-state index contributed by atoms with van der Waals surface area (Å²) in [4.78, 5) is 20.0. The van der Waals surface area contributed by atoms with Crippen LogP contribution in [0.15, 0.2) is 6.33 Å². The summed E-state index contributed by atoms with van der Waals surface area (Å²) in [7, 11) is 0. The molecule has 20 heavy (non-hydrogen) atoms. The molecule has 1 aliphatic rings. The molecule has 1 heterocycles. The van der Waals surface area contributed by atoms with Crippen LogP contribution in [-0.2, 0) is 4.79 Å². The fraction of sp³-hybridized carbons (Fsp3) is 0.643. The van der Waals surface area contributed by atoms with E-state index in [9.17, 15) is 4.79 Å². The van der Waals surface area contributed by atoms with Crippen molar-refractivity contribution in [1.29, 1.82) is 0 Å². The van der Waals surface area contributed by atoms with E-state index in [2.05, 4.69) is 32.8 Å². The van der Waals surface area contributed by atoms with Crippen LogP contribution in [0.4, 0.5) is 11.6 Å². The van der Waals surface area contributed by atoms with Crippen molar-refractivity contribution in [3.8, 4) is 0 Å². The van der Waals surface area contributed by atoms with E-state index in [0.29, 0.717) is 13.1 Å². The third-order valence-corrected chi connectivity index (χ3v) is 3.29. The van der Waals surface area contributed by atoms with E-state index >= 15 is 0 Å². The molecule has 3 N–H and O–H groups in total. The van der Waals surface area contributed by atoms with Crippen LogP contribution < -0.4 is 16.0 Å². The lowest BCUT2D eigenvalue weighted by atomic mass is 10.3. The monoisotopic (exact) mass is 277 g/mol. The molecule has 1 fully saturated rings. The summed E-state index contributed by atoms with van der Waals surface area (Å²) in [6.45, 7) is 6.29. The fourth-order valence-corrected chi connectivity index (χ4v) is 1.91. The van der Waals surface area contributed by atoms with Gasteiger partial charge in [-0.25, -0.2) is 9.97 Å². The molecular weight excluding hydrogens is 254 g/mol. The van der Waals surface area contributed by atoms with Crippen LogP contribution in [-0.4, -0.2) is 35.5 Å². The average molecular weight is 277 g/mol. The quantitative estimate of drug-likeness (QED) is 0.628. The van der Waals surface area contributed by atoms with Gasteiger partial charge in [0.2, 0.25) is 5.91 Å². The van der Waals surface area contributed by atoms with Gasteiger partial charge in [-0.3, -0.25) is 4.79 Å². The van der Waals surface area contributed by atoms with Crippen molar-refractivity contribution in [2.24, 2.45) is 5.92 Å². The van der Waals surface area contributed by atoms with E-state index in [1.807, 2.05) is 6.92 Å². The Kier molecular flexibility index (Phi) is 5.15. The molecule has 6 nitrogen and oxygen atoms in total. The maximum atomic E-state index is 11.5. The van der Waals surface area contributed by atoms with Crippen LogP contribution in [0.2, 0.25) is 0 Å². The molecule has 0 bridgehead atoms. The summed E-state index contributed by atoms with van der Waals surface area (Å²) in [6, 6.07) is 0. The number of amides is 1. The number of rotatable bonds is 8.